The number of anilines is 1. The highest BCUT2D eigenvalue weighted by Gasteiger charge is 2.28. The van der Waals surface area contributed by atoms with Crippen molar-refractivity contribution in [1.82, 2.24) is 0 Å². The Morgan fingerprint density at radius 2 is 2.00 bits per heavy atom. The van der Waals surface area contributed by atoms with Crippen LogP contribution in [0.2, 0.25) is 0 Å². The molecule has 2 aromatic rings. The van der Waals surface area contributed by atoms with Crippen LogP contribution in [0.3, 0.4) is 0 Å². The van der Waals surface area contributed by atoms with E-state index in [1.54, 1.807) is 0 Å². The molecule has 21 heavy (non-hydrogen) atoms. The van der Waals surface area contributed by atoms with Gasteiger partial charge in [-0.2, -0.15) is 0 Å². The molecule has 0 unspecified atom stereocenters. The maximum Gasteiger partial charge on any atom is 0.238 e. The zero-order valence-corrected chi connectivity index (χ0v) is 12.1. The van der Waals surface area contributed by atoms with Crippen molar-refractivity contribution < 1.29 is 13.6 Å². The number of carbonyl (C=O) groups excluding carboxylic acids is 1. The van der Waals surface area contributed by atoms with Gasteiger partial charge in [-0.3, -0.25) is 4.79 Å². The van der Waals surface area contributed by atoms with Crippen molar-refractivity contribution in [2.75, 3.05) is 5.32 Å². The molecule has 1 heterocycles. The highest BCUT2D eigenvalue weighted by atomic mass is 32.2. The summed E-state index contributed by atoms with van der Waals surface area (Å²) in [5, 5.41) is 2.39. The molecule has 0 fully saturated rings. The number of aryl methyl sites for hydroxylation is 1. The van der Waals surface area contributed by atoms with Gasteiger partial charge in [-0.05, 0) is 37.1 Å². The molecule has 2 aromatic carbocycles. The second-order valence-corrected chi connectivity index (χ2v) is 6.28. The van der Waals surface area contributed by atoms with Crippen LogP contribution < -0.4 is 5.32 Å². The minimum atomic E-state index is -0.967. The van der Waals surface area contributed by atoms with Crippen molar-refractivity contribution in [1.29, 1.82) is 0 Å². The predicted molar refractivity (Wildman–Crippen MR) is 79.5 cm³/mol. The van der Waals surface area contributed by atoms with Crippen LogP contribution in [0.25, 0.3) is 0 Å². The summed E-state index contributed by atoms with van der Waals surface area (Å²) < 4.78 is 26.0. The largest absolute Gasteiger partial charge is 0.325 e. The fourth-order valence-electron chi connectivity index (χ4n) is 2.28. The Hall–Kier alpha value is -1.88. The minimum Gasteiger partial charge on any atom is -0.325 e. The van der Waals surface area contributed by atoms with Gasteiger partial charge in [0.2, 0.25) is 5.91 Å². The van der Waals surface area contributed by atoms with Gasteiger partial charge in [0.05, 0.1) is 5.25 Å². The molecule has 0 saturated heterocycles. The molecule has 0 radical (unpaired) electrons. The van der Waals surface area contributed by atoms with Crippen LogP contribution in [0.4, 0.5) is 14.5 Å². The summed E-state index contributed by atoms with van der Waals surface area (Å²) in [4.78, 5) is 13.3. The topological polar surface area (TPSA) is 29.1 Å². The van der Waals surface area contributed by atoms with E-state index in [1.807, 2.05) is 19.1 Å². The Labute approximate surface area is 125 Å². The summed E-state index contributed by atoms with van der Waals surface area (Å²) in [6.45, 7) is 2.01. The number of hydrogen-bond acceptors (Lipinski definition) is 2. The molecule has 1 aliphatic rings. The van der Waals surface area contributed by atoms with E-state index in [4.69, 9.17) is 0 Å². The third-order valence-corrected chi connectivity index (χ3v) is 4.68. The Balaban J connectivity index is 1.71. The van der Waals surface area contributed by atoms with Crippen LogP contribution in [0.15, 0.2) is 41.3 Å². The van der Waals surface area contributed by atoms with Gasteiger partial charge in [-0.25, -0.2) is 8.78 Å². The van der Waals surface area contributed by atoms with Crippen molar-refractivity contribution in [2.24, 2.45) is 0 Å². The van der Waals surface area contributed by atoms with E-state index < -0.39 is 11.6 Å². The van der Waals surface area contributed by atoms with Crippen LogP contribution >= 0.6 is 11.8 Å². The van der Waals surface area contributed by atoms with Gasteiger partial charge in [0, 0.05) is 16.6 Å². The Kier molecular flexibility index (Phi) is 3.68. The highest BCUT2D eigenvalue weighted by Crippen LogP contribution is 2.38. The molecular weight excluding hydrogens is 292 g/mol. The molecule has 0 aliphatic carbocycles. The summed E-state index contributed by atoms with van der Waals surface area (Å²) in [5.41, 5.74) is 2.57. The zero-order valence-electron chi connectivity index (χ0n) is 11.3. The van der Waals surface area contributed by atoms with Gasteiger partial charge in [0.15, 0.2) is 11.6 Å². The van der Waals surface area contributed by atoms with E-state index in [0.717, 1.165) is 28.2 Å². The average molecular weight is 305 g/mol. The zero-order chi connectivity index (χ0) is 15.0. The highest BCUT2D eigenvalue weighted by molar-refractivity contribution is 8.01. The molecule has 0 saturated carbocycles. The number of fused-ring (bicyclic) bond motifs is 1. The first-order chi connectivity index (χ1) is 10.0. The van der Waals surface area contributed by atoms with E-state index in [2.05, 4.69) is 11.4 Å². The summed E-state index contributed by atoms with van der Waals surface area (Å²) in [5.74, 6) is -2.09. The van der Waals surface area contributed by atoms with Crippen LogP contribution in [-0.2, 0) is 11.2 Å². The Morgan fingerprint density at radius 3 is 2.76 bits per heavy atom. The first kappa shape index (κ1) is 14.1. The van der Waals surface area contributed by atoms with E-state index in [9.17, 15) is 13.6 Å². The number of halogens is 2. The van der Waals surface area contributed by atoms with Crippen molar-refractivity contribution in [3.05, 3.63) is 59.2 Å². The number of benzene rings is 2. The SMILES string of the molecule is Cc1ccc2c(c1)S[C@@H](C(=O)Nc1ccc(F)c(F)c1)C2. The van der Waals surface area contributed by atoms with Gasteiger partial charge in [-0.1, -0.05) is 17.7 Å². The van der Waals surface area contributed by atoms with Crippen LogP contribution in [0.5, 0.6) is 0 Å². The molecule has 0 spiro atoms. The number of hydrogen-bond donors (Lipinski definition) is 1. The molecule has 5 heteroatoms. The van der Waals surface area contributed by atoms with Crippen LogP contribution in [0, 0.1) is 18.6 Å². The van der Waals surface area contributed by atoms with Gasteiger partial charge < -0.3 is 5.32 Å². The third kappa shape index (κ3) is 2.93. The third-order valence-electron chi connectivity index (χ3n) is 3.38. The molecule has 2 nitrogen and oxygen atoms in total. The normalized spacial score (nSPS) is 16.6. The van der Waals surface area contributed by atoms with Gasteiger partial charge in [-0.15, -0.1) is 11.8 Å². The van der Waals surface area contributed by atoms with E-state index in [0.29, 0.717) is 6.42 Å². The summed E-state index contributed by atoms with van der Waals surface area (Å²) in [7, 11) is 0. The first-order valence-electron chi connectivity index (χ1n) is 6.55. The predicted octanol–water partition coefficient (Wildman–Crippen LogP) is 3.93. The van der Waals surface area contributed by atoms with Crippen LogP contribution in [-0.4, -0.2) is 11.2 Å². The Morgan fingerprint density at radius 1 is 1.19 bits per heavy atom. The standard InChI is InChI=1S/C16H13F2NOS/c1-9-2-3-10-7-15(21-14(10)6-9)16(20)19-11-4-5-12(17)13(18)8-11/h2-6,8,15H,7H2,1H3,(H,19,20)/t15-/m1/s1. The average Bonchev–Trinajstić information content (AvgIpc) is 2.86. The Bertz CT molecular complexity index is 717. The van der Waals surface area contributed by atoms with E-state index in [1.165, 1.54) is 17.8 Å². The fourth-order valence-corrected chi connectivity index (χ4v) is 3.57. The van der Waals surface area contributed by atoms with Crippen LogP contribution in [0.1, 0.15) is 11.1 Å². The number of nitrogens with one attached hydrogen (secondary N) is 1. The van der Waals surface area contributed by atoms with Gasteiger partial charge in [0.25, 0.3) is 0 Å². The molecule has 1 atom stereocenters. The molecule has 1 N–H and O–H groups in total. The number of thioether (sulfide) groups is 1. The molecule has 0 bridgehead atoms. The smallest absolute Gasteiger partial charge is 0.238 e. The lowest BCUT2D eigenvalue weighted by molar-refractivity contribution is -0.115. The summed E-state index contributed by atoms with van der Waals surface area (Å²) >= 11 is 1.51. The number of amides is 1. The maximum atomic E-state index is 13.1. The fraction of sp³-hybridized carbons (Fsp3) is 0.188. The molecule has 1 aliphatic heterocycles. The lowest BCUT2D eigenvalue weighted by atomic mass is 10.1. The van der Waals surface area contributed by atoms with Crippen molar-refractivity contribution in [2.45, 2.75) is 23.5 Å². The molecule has 0 aromatic heterocycles. The van der Waals surface area contributed by atoms with Crippen molar-refractivity contribution in [3.8, 4) is 0 Å². The van der Waals surface area contributed by atoms with Gasteiger partial charge >= 0.3 is 0 Å². The molecule has 1 amide bonds. The molecule has 3 rings (SSSR count). The number of rotatable bonds is 2. The first-order valence-corrected chi connectivity index (χ1v) is 7.43. The molecule has 108 valence electrons. The van der Waals surface area contributed by atoms with Gasteiger partial charge in [0.1, 0.15) is 0 Å². The van der Waals surface area contributed by atoms with Crippen molar-refractivity contribution in [3.63, 3.8) is 0 Å². The van der Waals surface area contributed by atoms with E-state index >= 15 is 0 Å². The lowest BCUT2D eigenvalue weighted by Crippen LogP contribution is -2.24. The second kappa shape index (κ2) is 5.48. The van der Waals surface area contributed by atoms with E-state index in [-0.39, 0.29) is 16.8 Å². The monoisotopic (exact) mass is 305 g/mol. The van der Waals surface area contributed by atoms with Crippen molar-refractivity contribution >= 4 is 23.4 Å². The lowest BCUT2D eigenvalue weighted by Gasteiger charge is -2.10. The maximum absolute atomic E-state index is 13.1. The minimum absolute atomic E-state index is 0.195. The summed E-state index contributed by atoms with van der Waals surface area (Å²) in [6.07, 6.45) is 0.649. The number of carbonyl (C=O) groups is 1. The summed E-state index contributed by atoms with van der Waals surface area (Å²) in [6, 6.07) is 9.46. The quantitative estimate of drug-likeness (QED) is 0.911. The molecular formula is C16H13F2NOS. The second-order valence-electron chi connectivity index (χ2n) is 5.04.